The van der Waals surface area contributed by atoms with Crippen LogP contribution < -0.4 is 10.6 Å². The molecule has 138 valence electrons. The van der Waals surface area contributed by atoms with Gasteiger partial charge in [-0.1, -0.05) is 35.0 Å². The van der Waals surface area contributed by atoms with Crippen LogP contribution in [0.3, 0.4) is 0 Å². The molecule has 0 saturated heterocycles. The molecule has 3 aromatic rings. The van der Waals surface area contributed by atoms with E-state index in [1.54, 1.807) is 36.4 Å². The van der Waals surface area contributed by atoms with Crippen LogP contribution in [0.5, 0.6) is 0 Å². The maximum absolute atomic E-state index is 11.6. The number of nitrogens with one attached hydrogen (secondary N) is 2. The van der Waals surface area contributed by atoms with E-state index in [1.807, 2.05) is 12.1 Å². The second-order valence-electron chi connectivity index (χ2n) is 5.40. The van der Waals surface area contributed by atoms with Gasteiger partial charge in [0.2, 0.25) is 11.7 Å². The molecular formula is C18H15ClN4O3S. The average Bonchev–Trinajstić information content (AvgIpc) is 3.15. The lowest BCUT2D eigenvalue weighted by atomic mass is 10.2. The Kier molecular flexibility index (Phi) is 6.00. The first-order valence-electron chi connectivity index (χ1n) is 7.87. The summed E-state index contributed by atoms with van der Waals surface area (Å²) in [6.07, 6.45) is 0. The molecule has 0 fully saturated rings. The van der Waals surface area contributed by atoms with Crippen LogP contribution in [0.2, 0.25) is 5.02 Å². The van der Waals surface area contributed by atoms with Gasteiger partial charge in [-0.05, 0) is 42.5 Å². The lowest BCUT2D eigenvalue weighted by Gasteiger charge is -2.09. The molecule has 7 nitrogen and oxygen atoms in total. The van der Waals surface area contributed by atoms with Crippen LogP contribution in [0.25, 0.3) is 11.4 Å². The number of carbonyl (C=O) groups is 1. The van der Waals surface area contributed by atoms with Gasteiger partial charge in [-0.15, -0.1) is 0 Å². The lowest BCUT2D eigenvalue weighted by molar-refractivity contribution is 0.0601. The SMILES string of the molecule is COC(=O)c1cccc(NC(=S)NCc2nc(-c3cccc(Cl)c3)no2)c1. The Labute approximate surface area is 165 Å². The van der Waals surface area contributed by atoms with Gasteiger partial charge in [-0.3, -0.25) is 0 Å². The number of benzene rings is 2. The molecule has 1 heterocycles. The third-order valence-electron chi connectivity index (χ3n) is 3.49. The fourth-order valence-corrected chi connectivity index (χ4v) is 2.62. The summed E-state index contributed by atoms with van der Waals surface area (Å²) in [6.45, 7) is 0.246. The van der Waals surface area contributed by atoms with Crippen molar-refractivity contribution in [2.24, 2.45) is 0 Å². The first-order valence-corrected chi connectivity index (χ1v) is 8.65. The van der Waals surface area contributed by atoms with Gasteiger partial charge in [0.25, 0.3) is 0 Å². The first kappa shape index (κ1) is 18.8. The second-order valence-corrected chi connectivity index (χ2v) is 6.25. The summed E-state index contributed by atoms with van der Waals surface area (Å²) in [6, 6.07) is 14.0. The van der Waals surface area contributed by atoms with Crippen LogP contribution in [-0.4, -0.2) is 28.3 Å². The molecule has 0 bridgehead atoms. The third-order valence-corrected chi connectivity index (χ3v) is 3.97. The molecule has 0 spiro atoms. The third kappa shape index (κ3) is 5.02. The maximum Gasteiger partial charge on any atom is 0.337 e. The molecule has 9 heteroatoms. The van der Waals surface area contributed by atoms with Crippen LogP contribution in [0.1, 0.15) is 16.2 Å². The molecular weight excluding hydrogens is 388 g/mol. The quantitative estimate of drug-likeness (QED) is 0.493. The molecule has 0 atom stereocenters. The molecule has 0 aliphatic carbocycles. The van der Waals surface area contributed by atoms with Crippen molar-refractivity contribution in [3.63, 3.8) is 0 Å². The summed E-state index contributed by atoms with van der Waals surface area (Å²) in [4.78, 5) is 15.9. The minimum atomic E-state index is -0.420. The number of hydrogen-bond donors (Lipinski definition) is 2. The highest BCUT2D eigenvalue weighted by Gasteiger charge is 2.10. The second kappa shape index (κ2) is 8.61. The molecule has 0 aliphatic rings. The predicted molar refractivity (Wildman–Crippen MR) is 106 cm³/mol. The minimum Gasteiger partial charge on any atom is -0.465 e. The lowest BCUT2D eigenvalue weighted by Crippen LogP contribution is -2.28. The van der Waals surface area contributed by atoms with E-state index >= 15 is 0 Å². The van der Waals surface area contributed by atoms with E-state index in [-0.39, 0.29) is 6.54 Å². The van der Waals surface area contributed by atoms with Crippen LogP contribution in [0.15, 0.2) is 53.1 Å². The zero-order chi connectivity index (χ0) is 19.2. The largest absolute Gasteiger partial charge is 0.465 e. The van der Waals surface area contributed by atoms with Crippen molar-refractivity contribution >= 4 is 40.6 Å². The number of halogens is 1. The number of aromatic nitrogens is 2. The maximum atomic E-state index is 11.6. The smallest absolute Gasteiger partial charge is 0.337 e. The number of carbonyl (C=O) groups excluding carboxylic acids is 1. The molecule has 3 rings (SSSR count). The van der Waals surface area contributed by atoms with Crippen molar-refractivity contribution in [1.82, 2.24) is 15.5 Å². The highest BCUT2D eigenvalue weighted by molar-refractivity contribution is 7.80. The average molecular weight is 403 g/mol. The number of hydrogen-bond acceptors (Lipinski definition) is 6. The Morgan fingerprint density at radius 1 is 1.26 bits per heavy atom. The number of anilines is 1. The van der Waals surface area contributed by atoms with Crippen molar-refractivity contribution in [3.05, 3.63) is 65.0 Å². The molecule has 2 N–H and O–H groups in total. The zero-order valence-corrected chi connectivity index (χ0v) is 15.8. The normalized spacial score (nSPS) is 10.3. The molecule has 0 radical (unpaired) electrons. The van der Waals surface area contributed by atoms with Crippen LogP contribution in [-0.2, 0) is 11.3 Å². The van der Waals surface area contributed by atoms with E-state index < -0.39 is 5.97 Å². The summed E-state index contributed by atoms with van der Waals surface area (Å²) in [5, 5.41) is 10.8. The van der Waals surface area contributed by atoms with E-state index in [0.29, 0.717) is 33.1 Å². The highest BCUT2D eigenvalue weighted by atomic mass is 35.5. The molecule has 0 saturated carbocycles. The Hall–Kier alpha value is -2.97. The van der Waals surface area contributed by atoms with Gasteiger partial charge in [0.05, 0.1) is 19.2 Å². The fourth-order valence-electron chi connectivity index (χ4n) is 2.24. The molecule has 0 amide bonds. The molecule has 0 aliphatic heterocycles. The van der Waals surface area contributed by atoms with Gasteiger partial charge in [-0.25, -0.2) is 4.79 Å². The van der Waals surface area contributed by atoms with Crippen molar-refractivity contribution in [2.45, 2.75) is 6.54 Å². The highest BCUT2D eigenvalue weighted by Crippen LogP contribution is 2.19. The predicted octanol–water partition coefficient (Wildman–Crippen LogP) is 3.66. The van der Waals surface area contributed by atoms with E-state index in [9.17, 15) is 4.79 Å². The Morgan fingerprint density at radius 2 is 2.07 bits per heavy atom. The summed E-state index contributed by atoms with van der Waals surface area (Å²) in [5.41, 5.74) is 1.84. The standard InChI is InChI=1S/C18H15ClN4O3S/c1-25-17(24)12-5-3-7-14(9-12)21-18(27)20-10-15-22-16(23-26-15)11-4-2-6-13(19)8-11/h2-9H,10H2,1H3,(H2,20,21,27). The number of ether oxygens (including phenoxy) is 1. The Morgan fingerprint density at radius 3 is 2.85 bits per heavy atom. The van der Waals surface area contributed by atoms with Gasteiger partial charge in [-0.2, -0.15) is 4.98 Å². The Bertz CT molecular complexity index is 977. The van der Waals surface area contributed by atoms with Crippen molar-refractivity contribution < 1.29 is 14.1 Å². The van der Waals surface area contributed by atoms with Gasteiger partial charge in [0.1, 0.15) is 0 Å². The summed E-state index contributed by atoms with van der Waals surface area (Å²) in [5.74, 6) is 0.397. The topological polar surface area (TPSA) is 89.3 Å². The van der Waals surface area contributed by atoms with E-state index in [2.05, 4.69) is 20.8 Å². The first-order chi connectivity index (χ1) is 13.0. The number of thiocarbonyl (C=S) groups is 1. The monoisotopic (exact) mass is 402 g/mol. The Balaban J connectivity index is 1.58. The van der Waals surface area contributed by atoms with Crippen LogP contribution in [0.4, 0.5) is 5.69 Å². The molecule has 27 heavy (non-hydrogen) atoms. The zero-order valence-electron chi connectivity index (χ0n) is 14.2. The molecule has 2 aromatic carbocycles. The van der Waals surface area contributed by atoms with Gasteiger partial charge < -0.3 is 19.9 Å². The number of nitrogens with zero attached hydrogens (tertiary/aromatic N) is 2. The van der Waals surface area contributed by atoms with Crippen molar-refractivity contribution in [1.29, 1.82) is 0 Å². The van der Waals surface area contributed by atoms with Gasteiger partial charge in [0.15, 0.2) is 5.11 Å². The minimum absolute atomic E-state index is 0.246. The molecule has 1 aromatic heterocycles. The summed E-state index contributed by atoms with van der Waals surface area (Å²) >= 11 is 11.2. The van der Waals surface area contributed by atoms with Crippen LogP contribution in [0, 0.1) is 0 Å². The number of rotatable bonds is 5. The van der Waals surface area contributed by atoms with E-state index in [0.717, 1.165) is 5.56 Å². The fraction of sp³-hybridized carbons (Fsp3) is 0.111. The summed E-state index contributed by atoms with van der Waals surface area (Å²) in [7, 11) is 1.33. The summed E-state index contributed by atoms with van der Waals surface area (Å²) < 4.78 is 9.91. The van der Waals surface area contributed by atoms with Crippen LogP contribution >= 0.6 is 23.8 Å². The number of esters is 1. The van der Waals surface area contributed by atoms with Crippen molar-refractivity contribution in [3.8, 4) is 11.4 Å². The van der Waals surface area contributed by atoms with Gasteiger partial charge >= 0.3 is 5.97 Å². The van der Waals surface area contributed by atoms with Crippen molar-refractivity contribution in [2.75, 3.05) is 12.4 Å². The molecule has 0 unspecified atom stereocenters. The van der Waals surface area contributed by atoms with Gasteiger partial charge in [0, 0.05) is 16.3 Å². The van der Waals surface area contributed by atoms with E-state index in [4.69, 9.17) is 33.1 Å². The van der Waals surface area contributed by atoms with E-state index in [1.165, 1.54) is 7.11 Å². The number of methoxy groups -OCH3 is 1.